The maximum absolute atomic E-state index is 11.1. The van der Waals surface area contributed by atoms with Crippen molar-refractivity contribution in [2.45, 2.75) is 13.8 Å². The second-order valence-corrected chi connectivity index (χ2v) is 7.16. The van der Waals surface area contributed by atoms with Crippen LogP contribution in [0.15, 0.2) is 57.9 Å². The van der Waals surface area contributed by atoms with Gasteiger partial charge in [0.2, 0.25) is 11.6 Å². The van der Waals surface area contributed by atoms with Gasteiger partial charge in [0.25, 0.3) is 5.69 Å². The molecule has 0 saturated heterocycles. The summed E-state index contributed by atoms with van der Waals surface area (Å²) < 4.78 is 5.84. The van der Waals surface area contributed by atoms with Gasteiger partial charge in [-0.25, -0.2) is 4.98 Å². The molecule has 0 amide bonds. The average molecular weight is 432 g/mol. The van der Waals surface area contributed by atoms with Crippen molar-refractivity contribution >= 4 is 34.4 Å². The van der Waals surface area contributed by atoms with Crippen molar-refractivity contribution in [2.75, 3.05) is 0 Å². The Labute approximate surface area is 180 Å². The lowest BCUT2D eigenvalue weighted by Gasteiger charge is -2.01. The standard InChI is InChI=1S/C22H16N4O6/c1-12-3-5-17(13(2)7-12)22-24-18-9-15(4-6-20(18)32-22)23-11-14-8-16(25(28)29)10-19(21(14)27)26(30)31/h3-11,27H,1-2H3. The molecule has 0 spiro atoms. The molecule has 0 aliphatic carbocycles. The van der Waals surface area contributed by atoms with E-state index in [-0.39, 0.29) is 5.56 Å². The van der Waals surface area contributed by atoms with Crippen LogP contribution in [0.2, 0.25) is 0 Å². The largest absolute Gasteiger partial charge is 0.502 e. The Morgan fingerprint density at radius 3 is 2.50 bits per heavy atom. The van der Waals surface area contributed by atoms with E-state index in [0.29, 0.717) is 28.7 Å². The number of aliphatic imine (C=N–C) groups is 1. The number of rotatable bonds is 5. The number of non-ortho nitro benzene ring substituents is 1. The van der Waals surface area contributed by atoms with Crippen molar-refractivity contribution in [1.29, 1.82) is 0 Å². The highest BCUT2D eigenvalue weighted by Gasteiger charge is 2.23. The van der Waals surface area contributed by atoms with E-state index in [2.05, 4.69) is 9.98 Å². The maximum Gasteiger partial charge on any atom is 0.318 e. The van der Waals surface area contributed by atoms with Gasteiger partial charge in [0.05, 0.1) is 21.6 Å². The highest BCUT2D eigenvalue weighted by atomic mass is 16.6. The molecule has 10 heteroatoms. The van der Waals surface area contributed by atoms with Crippen molar-refractivity contribution in [1.82, 2.24) is 4.98 Å². The molecule has 0 saturated carbocycles. The SMILES string of the molecule is Cc1ccc(-c2nc3cc(N=Cc4cc([N+](=O)[O-])cc([N+](=O)[O-])c4O)ccc3o2)c(C)c1. The van der Waals surface area contributed by atoms with E-state index in [4.69, 9.17) is 4.42 Å². The normalized spacial score (nSPS) is 11.3. The fourth-order valence-corrected chi connectivity index (χ4v) is 3.28. The van der Waals surface area contributed by atoms with E-state index >= 15 is 0 Å². The number of oxazole rings is 1. The van der Waals surface area contributed by atoms with Crippen LogP contribution in [-0.4, -0.2) is 26.2 Å². The number of hydrogen-bond donors (Lipinski definition) is 1. The predicted molar refractivity (Wildman–Crippen MR) is 118 cm³/mol. The summed E-state index contributed by atoms with van der Waals surface area (Å²) in [5.74, 6) is -0.241. The number of nitro benzene ring substituents is 2. The highest BCUT2D eigenvalue weighted by molar-refractivity contribution is 5.89. The molecule has 10 nitrogen and oxygen atoms in total. The Morgan fingerprint density at radius 1 is 1.03 bits per heavy atom. The molecule has 1 heterocycles. The second kappa shape index (κ2) is 7.91. The molecule has 4 rings (SSSR count). The number of benzene rings is 3. The van der Waals surface area contributed by atoms with Crippen molar-refractivity contribution in [3.63, 3.8) is 0 Å². The van der Waals surface area contributed by atoms with Gasteiger partial charge in [-0.15, -0.1) is 0 Å². The van der Waals surface area contributed by atoms with Gasteiger partial charge in [-0.05, 0) is 43.7 Å². The third-order valence-electron chi connectivity index (χ3n) is 4.85. The monoisotopic (exact) mass is 432 g/mol. The zero-order chi connectivity index (χ0) is 23.0. The number of aromatic nitrogens is 1. The summed E-state index contributed by atoms with van der Waals surface area (Å²) in [6.07, 6.45) is 1.13. The second-order valence-electron chi connectivity index (χ2n) is 7.16. The molecule has 0 aliphatic heterocycles. The Hall–Kier alpha value is -4.60. The molecular formula is C22H16N4O6. The molecule has 0 unspecified atom stereocenters. The fourth-order valence-electron chi connectivity index (χ4n) is 3.28. The van der Waals surface area contributed by atoms with E-state index in [1.807, 2.05) is 32.0 Å². The number of fused-ring (bicyclic) bond motifs is 1. The summed E-state index contributed by atoms with van der Waals surface area (Å²) in [5.41, 5.74) is 3.09. The van der Waals surface area contributed by atoms with Crippen LogP contribution in [-0.2, 0) is 0 Å². The first-order valence-corrected chi connectivity index (χ1v) is 9.41. The topological polar surface area (TPSA) is 145 Å². The van der Waals surface area contributed by atoms with Crippen molar-refractivity contribution in [3.8, 4) is 17.2 Å². The first-order valence-electron chi connectivity index (χ1n) is 9.41. The lowest BCUT2D eigenvalue weighted by Crippen LogP contribution is -1.96. The molecule has 160 valence electrons. The van der Waals surface area contributed by atoms with E-state index in [1.165, 1.54) is 0 Å². The molecule has 0 bridgehead atoms. The summed E-state index contributed by atoms with van der Waals surface area (Å²) >= 11 is 0. The highest BCUT2D eigenvalue weighted by Crippen LogP contribution is 2.34. The van der Waals surface area contributed by atoms with Gasteiger partial charge in [-0.1, -0.05) is 17.7 Å². The minimum absolute atomic E-state index is 0.151. The van der Waals surface area contributed by atoms with E-state index in [0.717, 1.165) is 29.0 Å². The average Bonchev–Trinajstić information content (AvgIpc) is 3.15. The van der Waals surface area contributed by atoms with Crippen LogP contribution < -0.4 is 0 Å². The zero-order valence-electron chi connectivity index (χ0n) is 17.0. The van der Waals surface area contributed by atoms with Gasteiger partial charge in [-0.3, -0.25) is 25.2 Å². The van der Waals surface area contributed by atoms with Crippen LogP contribution in [0.5, 0.6) is 5.75 Å². The van der Waals surface area contributed by atoms with Crippen LogP contribution >= 0.6 is 0 Å². The lowest BCUT2D eigenvalue weighted by molar-refractivity contribution is -0.394. The van der Waals surface area contributed by atoms with Crippen LogP contribution in [0.4, 0.5) is 17.1 Å². The lowest BCUT2D eigenvalue weighted by atomic mass is 10.1. The Morgan fingerprint density at radius 2 is 1.81 bits per heavy atom. The number of aryl methyl sites for hydroxylation is 2. The number of phenolic OH excluding ortho intramolecular Hbond substituents is 1. The molecule has 3 aromatic carbocycles. The molecule has 0 radical (unpaired) electrons. The summed E-state index contributed by atoms with van der Waals surface area (Å²) in [7, 11) is 0. The molecule has 4 aromatic rings. The van der Waals surface area contributed by atoms with Crippen LogP contribution in [0.3, 0.4) is 0 Å². The maximum atomic E-state index is 11.1. The van der Waals surface area contributed by atoms with E-state index < -0.39 is 27.0 Å². The first kappa shape index (κ1) is 20.7. The van der Waals surface area contributed by atoms with Crippen molar-refractivity contribution < 1.29 is 19.4 Å². The molecule has 0 atom stereocenters. The van der Waals surface area contributed by atoms with Gasteiger partial charge >= 0.3 is 5.69 Å². The number of nitrogens with zero attached hydrogens (tertiary/aromatic N) is 4. The summed E-state index contributed by atoms with van der Waals surface area (Å²) in [6.45, 7) is 3.97. The van der Waals surface area contributed by atoms with Crippen LogP contribution in [0, 0.1) is 34.1 Å². The van der Waals surface area contributed by atoms with Crippen LogP contribution in [0.1, 0.15) is 16.7 Å². The first-order chi connectivity index (χ1) is 15.2. The minimum atomic E-state index is -0.893. The Kier molecular flexibility index (Phi) is 5.11. The van der Waals surface area contributed by atoms with Crippen molar-refractivity contribution in [2.24, 2.45) is 4.99 Å². The Bertz CT molecular complexity index is 1420. The minimum Gasteiger partial charge on any atom is -0.502 e. The third-order valence-corrected chi connectivity index (χ3v) is 4.85. The molecular weight excluding hydrogens is 416 g/mol. The molecule has 1 aromatic heterocycles. The predicted octanol–water partition coefficient (Wildman–Crippen LogP) is 5.38. The summed E-state index contributed by atoms with van der Waals surface area (Å²) in [4.78, 5) is 29.2. The fraction of sp³-hybridized carbons (Fsp3) is 0.0909. The zero-order valence-corrected chi connectivity index (χ0v) is 17.0. The molecule has 0 aliphatic rings. The number of aromatic hydroxyl groups is 1. The molecule has 1 N–H and O–H groups in total. The van der Waals surface area contributed by atoms with Gasteiger partial charge in [0.15, 0.2) is 5.58 Å². The summed E-state index contributed by atoms with van der Waals surface area (Å²) in [6, 6.07) is 12.6. The molecule has 32 heavy (non-hydrogen) atoms. The van der Waals surface area contributed by atoms with E-state index in [1.54, 1.807) is 18.2 Å². The third kappa shape index (κ3) is 3.88. The number of nitro groups is 2. The van der Waals surface area contributed by atoms with Crippen LogP contribution in [0.25, 0.3) is 22.6 Å². The van der Waals surface area contributed by atoms with Gasteiger partial charge in [-0.2, -0.15) is 0 Å². The van der Waals surface area contributed by atoms with Gasteiger partial charge < -0.3 is 9.52 Å². The van der Waals surface area contributed by atoms with Crippen molar-refractivity contribution in [3.05, 3.63) is 85.4 Å². The summed E-state index contributed by atoms with van der Waals surface area (Å²) in [5, 5.41) is 32.3. The Balaban J connectivity index is 1.71. The quantitative estimate of drug-likeness (QED) is 0.253. The van der Waals surface area contributed by atoms with Gasteiger partial charge in [0, 0.05) is 23.4 Å². The smallest absolute Gasteiger partial charge is 0.318 e. The van der Waals surface area contributed by atoms with E-state index in [9.17, 15) is 25.3 Å². The van der Waals surface area contributed by atoms with Gasteiger partial charge in [0.1, 0.15) is 5.52 Å². The number of hydrogen-bond acceptors (Lipinski definition) is 8. The number of phenols is 1. The molecule has 0 fully saturated rings.